The normalized spacial score (nSPS) is 16.0. The van der Waals surface area contributed by atoms with Crippen LogP contribution in [0.3, 0.4) is 0 Å². The van der Waals surface area contributed by atoms with Crippen molar-refractivity contribution in [2.24, 2.45) is 0 Å². The minimum absolute atomic E-state index is 0.170. The highest BCUT2D eigenvalue weighted by Crippen LogP contribution is 2.19. The molecule has 9 heteroatoms. The number of carbonyl (C=O) groups is 1. The maximum atomic E-state index is 12.9. The Morgan fingerprint density at radius 2 is 1.97 bits per heavy atom. The molecule has 7 nitrogen and oxygen atoms in total. The molecule has 3 rings (SSSR count). The minimum atomic E-state index is -3.58. The van der Waals surface area contributed by atoms with Crippen LogP contribution < -0.4 is 5.32 Å². The standard InChI is InChI=1S/C20H27N3O4S2/c1-22-9-11-23(12-10-22)29(25,26)19-7-2-5-17(15-19)20(24)21-8-4-14-28-16-18-6-3-13-27-18/h2-3,5-7,13,15H,4,8-12,14,16H2,1H3,(H,21,24). The molecule has 0 aliphatic carbocycles. The number of sulfonamides is 1. The van der Waals surface area contributed by atoms with Gasteiger partial charge >= 0.3 is 0 Å². The van der Waals surface area contributed by atoms with Crippen LogP contribution in [0.2, 0.25) is 0 Å². The average molecular weight is 438 g/mol. The van der Waals surface area contributed by atoms with Gasteiger partial charge in [0.1, 0.15) is 5.76 Å². The molecule has 2 aromatic rings. The van der Waals surface area contributed by atoms with E-state index in [0.717, 1.165) is 23.7 Å². The molecule has 1 fully saturated rings. The lowest BCUT2D eigenvalue weighted by Gasteiger charge is -2.31. The van der Waals surface area contributed by atoms with Gasteiger partial charge in [0.15, 0.2) is 0 Å². The largest absolute Gasteiger partial charge is 0.468 e. The van der Waals surface area contributed by atoms with Gasteiger partial charge in [0.05, 0.1) is 16.9 Å². The number of piperazine rings is 1. The Morgan fingerprint density at radius 1 is 1.17 bits per heavy atom. The van der Waals surface area contributed by atoms with Crippen LogP contribution in [0.1, 0.15) is 22.5 Å². The van der Waals surface area contributed by atoms with Gasteiger partial charge in [-0.2, -0.15) is 16.1 Å². The number of nitrogens with zero attached hydrogens (tertiary/aromatic N) is 2. The Kier molecular flexibility index (Phi) is 7.77. The number of furan rings is 1. The molecule has 1 aliphatic heterocycles. The van der Waals surface area contributed by atoms with E-state index in [1.807, 2.05) is 19.2 Å². The fraction of sp³-hybridized carbons (Fsp3) is 0.450. The van der Waals surface area contributed by atoms with Crippen LogP contribution in [-0.2, 0) is 15.8 Å². The molecule has 0 radical (unpaired) electrons. The van der Waals surface area contributed by atoms with Crippen molar-refractivity contribution in [3.8, 4) is 0 Å². The van der Waals surface area contributed by atoms with Gasteiger partial charge in [-0.15, -0.1) is 0 Å². The van der Waals surface area contributed by atoms with Crippen LogP contribution in [0.5, 0.6) is 0 Å². The third-order valence-corrected chi connectivity index (χ3v) is 7.73. The molecule has 1 aromatic carbocycles. The van der Waals surface area contributed by atoms with Crippen molar-refractivity contribution in [1.82, 2.24) is 14.5 Å². The zero-order chi connectivity index (χ0) is 20.7. The maximum Gasteiger partial charge on any atom is 0.251 e. The lowest BCUT2D eigenvalue weighted by Crippen LogP contribution is -2.47. The first-order valence-electron chi connectivity index (χ1n) is 9.64. The number of benzene rings is 1. The Bertz CT molecular complexity index is 892. The average Bonchev–Trinajstić information content (AvgIpc) is 3.24. The molecular weight excluding hydrogens is 410 g/mol. The van der Waals surface area contributed by atoms with E-state index in [2.05, 4.69) is 10.2 Å². The van der Waals surface area contributed by atoms with Gasteiger partial charge in [-0.3, -0.25) is 4.79 Å². The summed E-state index contributed by atoms with van der Waals surface area (Å²) in [6.07, 6.45) is 2.49. The highest BCUT2D eigenvalue weighted by Gasteiger charge is 2.27. The second kappa shape index (κ2) is 10.3. The summed E-state index contributed by atoms with van der Waals surface area (Å²) in [5, 5.41) is 2.87. The zero-order valence-corrected chi connectivity index (χ0v) is 18.2. The van der Waals surface area contributed by atoms with Crippen molar-refractivity contribution in [3.63, 3.8) is 0 Å². The topological polar surface area (TPSA) is 82.9 Å². The van der Waals surface area contributed by atoms with Crippen LogP contribution in [0.4, 0.5) is 0 Å². The highest BCUT2D eigenvalue weighted by molar-refractivity contribution is 7.98. The number of amides is 1. The molecule has 1 aliphatic rings. The molecule has 1 aromatic heterocycles. The lowest BCUT2D eigenvalue weighted by molar-refractivity contribution is 0.0953. The molecule has 0 unspecified atom stereocenters. The number of carbonyl (C=O) groups excluding carboxylic acids is 1. The summed E-state index contributed by atoms with van der Waals surface area (Å²) in [7, 11) is -1.60. The van der Waals surface area contributed by atoms with E-state index in [9.17, 15) is 13.2 Å². The van der Waals surface area contributed by atoms with Gasteiger partial charge in [-0.05, 0) is 49.6 Å². The van der Waals surface area contributed by atoms with Crippen molar-refractivity contribution in [2.75, 3.05) is 45.5 Å². The highest BCUT2D eigenvalue weighted by atomic mass is 32.2. The van der Waals surface area contributed by atoms with Crippen molar-refractivity contribution in [2.45, 2.75) is 17.1 Å². The summed E-state index contributed by atoms with van der Waals surface area (Å²) >= 11 is 1.75. The van der Waals surface area contributed by atoms with Crippen LogP contribution in [0.25, 0.3) is 0 Å². The van der Waals surface area contributed by atoms with Crippen LogP contribution in [0.15, 0.2) is 52.0 Å². The molecule has 158 valence electrons. The predicted octanol–water partition coefficient (Wildman–Crippen LogP) is 2.27. The molecule has 0 bridgehead atoms. The number of hydrogen-bond donors (Lipinski definition) is 1. The van der Waals surface area contributed by atoms with E-state index >= 15 is 0 Å². The fourth-order valence-corrected chi connectivity index (χ4v) is 5.35. The van der Waals surface area contributed by atoms with E-state index in [4.69, 9.17) is 4.42 Å². The second-order valence-electron chi connectivity index (χ2n) is 6.98. The number of hydrogen-bond acceptors (Lipinski definition) is 6. The first-order chi connectivity index (χ1) is 14.0. The van der Waals surface area contributed by atoms with Crippen LogP contribution >= 0.6 is 11.8 Å². The third-order valence-electron chi connectivity index (χ3n) is 4.77. The van der Waals surface area contributed by atoms with Gasteiger partial charge in [-0.1, -0.05) is 6.07 Å². The molecule has 1 N–H and O–H groups in total. The second-order valence-corrected chi connectivity index (χ2v) is 10.0. The summed E-state index contributed by atoms with van der Waals surface area (Å²) < 4.78 is 32.5. The first-order valence-corrected chi connectivity index (χ1v) is 12.2. The fourth-order valence-electron chi connectivity index (χ4n) is 3.02. The van der Waals surface area contributed by atoms with Gasteiger partial charge < -0.3 is 14.6 Å². The molecule has 0 spiro atoms. The molecule has 0 atom stereocenters. The predicted molar refractivity (Wildman–Crippen MR) is 115 cm³/mol. The van der Waals surface area contributed by atoms with Crippen molar-refractivity contribution in [3.05, 3.63) is 54.0 Å². The van der Waals surface area contributed by atoms with Crippen molar-refractivity contribution in [1.29, 1.82) is 0 Å². The smallest absolute Gasteiger partial charge is 0.251 e. The van der Waals surface area contributed by atoms with Gasteiger partial charge in [0, 0.05) is 38.3 Å². The van der Waals surface area contributed by atoms with E-state index in [1.165, 1.54) is 10.4 Å². The van der Waals surface area contributed by atoms with Gasteiger partial charge in [0.25, 0.3) is 5.91 Å². The van der Waals surface area contributed by atoms with Crippen LogP contribution in [-0.4, -0.2) is 69.1 Å². The van der Waals surface area contributed by atoms with Gasteiger partial charge in [-0.25, -0.2) is 8.42 Å². The van der Waals surface area contributed by atoms with Gasteiger partial charge in [0.2, 0.25) is 10.0 Å². The Labute approximate surface area is 176 Å². The molecule has 1 saturated heterocycles. The summed E-state index contributed by atoms with van der Waals surface area (Å²) in [6, 6.07) is 10.1. The summed E-state index contributed by atoms with van der Waals surface area (Å²) in [5.41, 5.74) is 0.364. The maximum absolute atomic E-state index is 12.9. The Balaban J connectivity index is 1.48. The number of thioether (sulfide) groups is 1. The molecule has 2 heterocycles. The number of nitrogens with one attached hydrogen (secondary N) is 1. The molecule has 0 saturated carbocycles. The lowest BCUT2D eigenvalue weighted by atomic mass is 10.2. The molecular formula is C20H27N3O4S2. The minimum Gasteiger partial charge on any atom is -0.468 e. The monoisotopic (exact) mass is 437 g/mol. The Hall–Kier alpha value is -1.81. The van der Waals surface area contributed by atoms with Crippen molar-refractivity contribution < 1.29 is 17.6 Å². The van der Waals surface area contributed by atoms with E-state index in [-0.39, 0.29) is 10.8 Å². The van der Waals surface area contributed by atoms with Crippen LogP contribution in [0, 0.1) is 0 Å². The summed E-state index contributed by atoms with van der Waals surface area (Å²) in [6.45, 7) is 2.88. The third kappa shape index (κ3) is 6.08. The summed E-state index contributed by atoms with van der Waals surface area (Å²) in [5.74, 6) is 2.40. The number of likely N-dealkylation sites (N-methyl/N-ethyl adjacent to an activating group) is 1. The number of rotatable bonds is 9. The molecule has 29 heavy (non-hydrogen) atoms. The Morgan fingerprint density at radius 3 is 2.69 bits per heavy atom. The zero-order valence-electron chi connectivity index (χ0n) is 16.5. The summed E-state index contributed by atoms with van der Waals surface area (Å²) in [4.78, 5) is 14.7. The quantitative estimate of drug-likeness (QED) is 0.606. The molecule has 1 amide bonds. The van der Waals surface area contributed by atoms with E-state index < -0.39 is 10.0 Å². The van der Waals surface area contributed by atoms with Crippen molar-refractivity contribution >= 4 is 27.7 Å². The van der Waals surface area contributed by atoms with E-state index in [1.54, 1.807) is 36.2 Å². The SMILES string of the molecule is CN1CCN(S(=O)(=O)c2cccc(C(=O)NCCCSCc3ccco3)c2)CC1. The first kappa shape index (κ1) is 21.9. The van der Waals surface area contributed by atoms with E-state index in [0.29, 0.717) is 38.3 Å².